The SMILES string of the molecule is Cl.N[C@@H](c1c(O)cc(O)cc1O)C1CCCC1. The molecule has 96 valence electrons. The van der Waals surface area contributed by atoms with Crippen LogP contribution in [0.25, 0.3) is 0 Å². The molecule has 1 aliphatic carbocycles. The smallest absolute Gasteiger partial charge is 0.127 e. The van der Waals surface area contributed by atoms with Gasteiger partial charge in [-0.2, -0.15) is 0 Å². The molecule has 5 N–H and O–H groups in total. The molecule has 1 aromatic rings. The lowest BCUT2D eigenvalue weighted by Gasteiger charge is -2.21. The first-order valence-electron chi connectivity index (χ1n) is 5.60. The van der Waals surface area contributed by atoms with Gasteiger partial charge in [0.1, 0.15) is 17.2 Å². The van der Waals surface area contributed by atoms with Crippen molar-refractivity contribution >= 4 is 12.4 Å². The maximum atomic E-state index is 9.70. The molecule has 0 heterocycles. The highest BCUT2D eigenvalue weighted by atomic mass is 35.5. The number of hydrogen-bond acceptors (Lipinski definition) is 4. The van der Waals surface area contributed by atoms with Gasteiger partial charge in [-0.3, -0.25) is 0 Å². The highest BCUT2D eigenvalue weighted by Gasteiger charge is 2.27. The van der Waals surface area contributed by atoms with Gasteiger partial charge in [0, 0.05) is 18.2 Å². The van der Waals surface area contributed by atoms with E-state index >= 15 is 0 Å². The largest absolute Gasteiger partial charge is 0.508 e. The zero-order valence-corrected chi connectivity index (χ0v) is 10.3. The molecule has 0 aliphatic heterocycles. The van der Waals surface area contributed by atoms with Crippen LogP contribution >= 0.6 is 12.4 Å². The average Bonchev–Trinajstić information content (AvgIpc) is 2.67. The highest BCUT2D eigenvalue weighted by molar-refractivity contribution is 5.85. The number of nitrogens with two attached hydrogens (primary N) is 1. The van der Waals surface area contributed by atoms with E-state index in [1.807, 2.05) is 0 Å². The van der Waals surface area contributed by atoms with E-state index in [0.717, 1.165) is 25.7 Å². The Morgan fingerprint density at radius 2 is 1.53 bits per heavy atom. The Bertz CT molecular complexity index is 368. The molecule has 0 amide bonds. The van der Waals surface area contributed by atoms with Crippen LogP contribution in [0.15, 0.2) is 12.1 Å². The summed E-state index contributed by atoms with van der Waals surface area (Å²) < 4.78 is 0. The minimum Gasteiger partial charge on any atom is -0.508 e. The van der Waals surface area contributed by atoms with Crippen LogP contribution in [0.4, 0.5) is 0 Å². The van der Waals surface area contributed by atoms with E-state index in [1.165, 1.54) is 12.1 Å². The Kier molecular flexibility index (Phi) is 4.48. The number of aromatic hydroxyl groups is 3. The number of phenolic OH excluding ortho intramolecular Hbond substituents is 3. The number of hydrogen-bond donors (Lipinski definition) is 4. The number of rotatable bonds is 2. The Balaban J connectivity index is 0.00000144. The summed E-state index contributed by atoms with van der Waals surface area (Å²) in [4.78, 5) is 0. The van der Waals surface area contributed by atoms with E-state index < -0.39 is 0 Å². The van der Waals surface area contributed by atoms with Crippen molar-refractivity contribution in [2.45, 2.75) is 31.7 Å². The summed E-state index contributed by atoms with van der Waals surface area (Å²) >= 11 is 0. The van der Waals surface area contributed by atoms with Gasteiger partial charge < -0.3 is 21.1 Å². The summed E-state index contributed by atoms with van der Waals surface area (Å²) in [5.74, 6) is -0.104. The zero-order chi connectivity index (χ0) is 11.7. The summed E-state index contributed by atoms with van der Waals surface area (Å²) in [5, 5.41) is 28.6. The number of halogens is 1. The summed E-state index contributed by atoms with van der Waals surface area (Å²) in [6, 6.07) is 2.07. The summed E-state index contributed by atoms with van der Waals surface area (Å²) in [5.41, 5.74) is 6.40. The molecular weight excluding hydrogens is 242 g/mol. The third-order valence-corrected chi connectivity index (χ3v) is 3.36. The van der Waals surface area contributed by atoms with E-state index in [2.05, 4.69) is 0 Å². The molecule has 1 aromatic carbocycles. The fourth-order valence-electron chi connectivity index (χ4n) is 2.50. The predicted octanol–water partition coefficient (Wildman–Crippen LogP) is 2.42. The van der Waals surface area contributed by atoms with Crippen molar-refractivity contribution in [1.82, 2.24) is 0 Å². The van der Waals surface area contributed by atoms with E-state index in [9.17, 15) is 15.3 Å². The van der Waals surface area contributed by atoms with Crippen molar-refractivity contribution in [1.29, 1.82) is 0 Å². The Morgan fingerprint density at radius 1 is 1.06 bits per heavy atom. The van der Waals surface area contributed by atoms with Gasteiger partial charge in [-0.15, -0.1) is 12.4 Å². The van der Waals surface area contributed by atoms with Crippen LogP contribution < -0.4 is 5.73 Å². The molecule has 0 bridgehead atoms. The van der Waals surface area contributed by atoms with Crippen molar-refractivity contribution in [3.8, 4) is 17.2 Å². The highest BCUT2D eigenvalue weighted by Crippen LogP contribution is 2.42. The molecule has 17 heavy (non-hydrogen) atoms. The topological polar surface area (TPSA) is 86.7 Å². The van der Waals surface area contributed by atoms with Gasteiger partial charge >= 0.3 is 0 Å². The minimum atomic E-state index is -0.358. The van der Waals surface area contributed by atoms with Crippen molar-refractivity contribution in [2.75, 3.05) is 0 Å². The van der Waals surface area contributed by atoms with Gasteiger partial charge in [0.15, 0.2) is 0 Å². The first-order valence-corrected chi connectivity index (χ1v) is 5.60. The second-order valence-electron chi connectivity index (χ2n) is 4.47. The molecule has 1 atom stereocenters. The first-order chi connectivity index (χ1) is 7.59. The molecular formula is C12H18ClNO3. The lowest BCUT2D eigenvalue weighted by molar-refractivity contribution is 0.379. The third-order valence-electron chi connectivity index (χ3n) is 3.36. The minimum absolute atomic E-state index is 0. The van der Waals surface area contributed by atoms with Gasteiger partial charge in [0.25, 0.3) is 0 Å². The molecule has 1 fully saturated rings. The summed E-state index contributed by atoms with van der Waals surface area (Å²) in [6.45, 7) is 0. The molecule has 0 radical (unpaired) electrons. The number of benzene rings is 1. The van der Waals surface area contributed by atoms with Crippen LogP contribution in [-0.4, -0.2) is 15.3 Å². The lowest BCUT2D eigenvalue weighted by atomic mass is 9.91. The molecule has 4 nitrogen and oxygen atoms in total. The summed E-state index contributed by atoms with van der Waals surface area (Å²) in [7, 11) is 0. The van der Waals surface area contributed by atoms with Gasteiger partial charge in [0.05, 0.1) is 5.56 Å². The van der Waals surface area contributed by atoms with Crippen molar-refractivity contribution in [3.05, 3.63) is 17.7 Å². The van der Waals surface area contributed by atoms with Crippen LogP contribution in [0.5, 0.6) is 17.2 Å². The Labute approximate surface area is 106 Å². The second-order valence-corrected chi connectivity index (χ2v) is 4.47. The predicted molar refractivity (Wildman–Crippen MR) is 67.6 cm³/mol. The van der Waals surface area contributed by atoms with E-state index in [0.29, 0.717) is 11.5 Å². The van der Waals surface area contributed by atoms with Crippen LogP contribution in [0.1, 0.15) is 37.3 Å². The van der Waals surface area contributed by atoms with Crippen LogP contribution in [0.3, 0.4) is 0 Å². The van der Waals surface area contributed by atoms with Gasteiger partial charge in [-0.05, 0) is 18.8 Å². The van der Waals surface area contributed by atoms with Crippen LogP contribution in [-0.2, 0) is 0 Å². The van der Waals surface area contributed by atoms with Gasteiger partial charge in [0.2, 0.25) is 0 Å². The second kappa shape index (κ2) is 5.47. The molecule has 0 spiro atoms. The Morgan fingerprint density at radius 3 is 2.00 bits per heavy atom. The molecule has 2 rings (SSSR count). The lowest BCUT2D eigenvalue weighted by Crippen LogP contribution is -2.19. The first kappa shape index (κ1) is 13.9. The van der Waals surface area contributed by atoms with Gasteiger partial charge in [-0.25, -0.2) is 0 Å². The van der Waals surface area contributed by atoms with Crippen molar-refractivity contribution in [3.63, 3.8) is 0 Å². The van der Waals surface area contributed by atoms with E-state index in [1.54, 1.807) is 0 Å². The molecule has 1 aliphatic rings. The molecule has 0 saturated heterocycles. The molecule has 5 heteroatoms. The maximum Gasteiger partial charge on any atom is 0.127 e. The number of phenols is 3. The molecule has 0 aromatic heterocycles. The quantitative estimate of drug-likeness (QED) is 0.657. The fraction of sp³-hybridized carbons (Fsp3) is 0.500. The average molecular weight is 260 g/mol. The zero-order valence-electron chi connectivity index (χ0n) is 9.47. The Hall–Kier alpha value is -1.13. The fourth-order valence-corrected chi connectivity index (χ4v) is 2.50. The van der Waals surface area contributed by atoms with Crippen LogP contribution in [0, 0.1) is 5.92 Å². The van der Waals surface area contributed by atoms with E-state index in [4.69, 9.17) is 5.73 Å². The monoisotopic (exact) mass is 259 g/mol. The van der Waals surface area contributed by atoms with E-state index in [-0.39, 0.29) is 35.7 Å². The maximum absolute atomic E-state index is 9.70. The van der Waals surface area contributed by atoms with Crippen molar-refractivity contribution < 1.29 is 15.3 Å². The third kappa shape index (κ3) is 2.76. The normalized spacial score (nSPS) is 17.7. The van der Waals surface area contributed by atoms with Crippen LogP contribution in [0.2, 0.25) is 0 Å². The van der Waals surface area contributed by atoms with Gasteiger partial charge in [-0.1, -0.05) is 12.8 Å². The standard InChI is InChI=1S/C12H17NO3.ClH/c13-12(7-3-1-2-4-7)11-9(15)5-8(14)6-10(11)16;/h5-7,12,14-16H,1-4,13H2;1H/t12-;/m1./s1. The molecule has 0 unspecified atom stereocenters. The van der Waals surface area contributed by atoms with Crippen molar-refractivity contribution in [2.24, 2.45) is 11.7 Å². The summed E-state index contributed by atoms with van der Waals surface area (Å²) in [6.07, 6.45) is 4.36. The molecule has 1 saturated carbocycles.